The summed E-state index contributed by atoms with van der Waals surface area (Å²) in [4.78, 5) is 14.4. The van der Waals surface area contributed by atoms with Gasteiger partial charge in [0, 0.05) is 18.3 Å². The lowest BCUT2D eigenvalue weighted by Crippen LogP contribution is -2.37. The first kappa shape index (κ1) is 19.6. The summed E-state index contributed by atoms with van der Waals surface area (Å²) in [6, 6.07) is 7.46. The topological polar surface area (TPSA) is 50.8 Å². The van der Waals surface area contributed by atoms with Gasteiger partial charge in [-0.05, 0) is 51.4 Å². The third-order valence-corrected chi connectivity index (χ3v) is 4.37. The molecule has 1 unspecified atom stereocenters. The number of hydrogen-bond donors (Lipinski definition) is 1. The first-order valence-electron chi connectivity index (χ1n) is 9.60. The molecule has 0 bridgehead atoms. The third-order valence-electron chi connectivity index (χ3n) is 4.37. The van der Waals surface area contributed by atoms with Crippen molar-refractivity contribution in [2.45, 2.75) is 58.5 Å². The van der Waals surface area contributed by atoms with E-state index in [0.717, 1.165) is 31.8 Å². The summed E-state index contributed by atoms with van der Waals surface area (Å²) < 4.78 is 11.2. The number of nitrogens with one attached hydrogen (secondary N) is 1. The van der Waals surface area contributed by atoms with E-state index in [1.54, 1.807) is 0 Å². The largest absolute Gasteiger partial charge is 0.494 e. The summed E-state index contributed by atoms with van der Waals surface area (Å²) in [5.41, 5.74) is 0.697. The van der Waals surface area contributed by atoms with Crippen LogP contribution in [0.2, 0.25) is 0 Å². The van der Waals surface area contributed by atoms with Crippen LogP contribution < -0.4 is 10.1 Å². The van der Waals surface area contributed by atoms with E-state index in [4.69, 9.17) is 9.47 Å². The summed E-state index contributed by atoms with van der Waals surface area (Å²) >= 11 is 0. The number of piperidine rings is 1. The molecule has 0 radical (unpaired) electrons. The number of nitrogens with zero attached hydrogens (tertiary/aromatic N) is 1. The Labute approximate surface area is 151 Å². The fraction of sp³-hybridized carbons (Fsp3) is 0.650. The lowest BCUT2D eigenvalue weighted by Gasteiger charge is -2.28. The molecule has 25 heavy (non-hydrogen) atoms. The van der Waals surface area contributed by atoms with Crippen LogP contribution in [0, 0.1) is 0 Å². The third kappa shape index (κ3) is 7.78. The van der Waals surface area contributed by atoms with Gasteiger partial charge >= 0.3 is 6.09 Å². The van der Waals surface area contributed by atoms with Crippen LogP contribution in [0.3, 0.4) is 0 Å². The number of rotatable bonds is 9. The maximum absolute atomic E-state index is 12.1. The van der Waals surface area contributed by atoms with Crippen LogP contribution >= 0.6 is 0 Å². The number of likely N-dealkylation sites (tertiary alicyclic amines) is 1. The molecule has 5 heteroatoms. The lowest BCUT2D eigenvalue weighted by atomic mass is 10.1. The average molecular weight is 348 g/mol. The number of ether oxygens (including phenoxy) is 2. The van der Waals surface area contributed by atoms with Crippen molar-refractivity contribution < 1.29 is 14.3 Å². The molecular weight excluding hydrogens is 316 g/mol. The Morgan fingerprint density at radius 1 is 1.24 bits per heavy atom. The van der Waals surface area contributed by atoms with Crippen LogP contribution in [0.4, 0.5) is 10.5 Å². The van der Waals surface area contributed by atoms with E-state index in [9.17, 15) is 4.79 Å². The summed E-state index contributed by atoms with van der Waals surface area (Å²) in [6.45, 7) is 7.83. The molecule has 1 fully saturated rings. The second kappa shape index (κ2) is 11.0. The molecule has 1 amide bonds. The molecule has 0 saturated carbocycles. The predicted molar refractivity (Wildman–Crippen MR) is 101 cm³/mol. The maximum atomic E-state index is 12.1. The van der Waals surface area contributed by atoms with E-state index >= 15 is 0 Å². The molecule has 1 atom stereocenters. The molecule has 0 aromatic heterocycles. The quantitative estimate of drug-likeness (QED) is 0.658. The number of carbonyl (C=O) groups excluding carboxylic acids is 1. The molecule has 1 aromatic rings. The Morgan fingerprint density at radius 3 is 2.80 bits per heavy atom. The Hall–Kier alpha value is -1.75. The van der Waals surface area contributed by atoms with E-state index in [0.29, 0.717) is 12.3 Å². The number of benzene rings is 1. The minimum Gasteiger partial charge on any atom is -0.494 e. The smallest absolute Gasteiger partial charge is 0.411 e. The zero-order chi connectivity index (χ0) is 17.9. The van der Waals surface area contributed by atoms with Crippen molar-refractivity contribution in [3.8, 4) is 5.75 Å². The fourth-order valence-corrected chi connectivity index (χ4v) is 3.08. The summed E-state index contributed by atoms with van der Waals surface area (Å²) in [5.74, 6) is 0.773. The predicted octanol–water partition coefficient (Wildman–Crippen LogP) is 4.68. The maximum Gasteiger partial charge on any atom is 0.411 e. The van der Waals surface area contributed by atoms with Gasteiger partial charge in [-0.3, -0.25) is 10.2 Å². The molecule has 0 aliphatic carbocycles. The van der Waals surface area contributed by atoms with Crippen molar-refractivity contribution in [3.05, 3.63) is 24.3 Å². The van der Waals surface area contributed by atoms with Gasteiger partial charge in [-0.25, -0.2) is 4.79 Å². The number of unbranched alkanes of at least 4 members (excludes halogenated alkanes) is 2. The van der Waals surface area contributed by atoms with Crippen LogP contribution in [0.5, 0.6) is 5.75 Å². The van der Waals surface area contributed by atoms with Gasteiger partial charge in [0.25, 0.3) is 0 Å². The average Bonchev–Trinajstić information content (AvgIpc) is 2.59. The molecule has 1 aromatic carbocycles. The highest BCUT2D eigenvalue weighted by atomic mass is 16.6. The molecule has 1 aliphatic rings. The van der Waals surface area contributed by atoms with Crippen molar-refractivity contribution in [2.24, 2.45) is 0 Å². The Bertz CT molecular complexity index is 515. The van der Waals surface area contributed by atoms with Gasteiger partial charge < -0.3 is 9.47 Å². The van der Waals surface area contributed by atoms with Crippen molar-refractivity contribution in [1.82, 2.24) is 4.90 Å². The van der Waals surface area contributed by atoms with Gasteiger partial charge in [-0.1, -0.05) is 32.3 Å². The molecular formula is C20H32N2O3. The highest BCUT2D eigenvalue weighted by Gasteiger charge is 2.16. The first-order chi connectivity index (χ1) is 12.2. The van der Waals surface area contributed by atoms with Gasteiger partial charge in [0.15, 0.2) is 0 Å². The zero-order valence-electron chi connectivity index (χ0n) is 15.6. The number of anilines is 1. The standard InChI is InChI=1S/C20H32N2O3/c1-3-4-8-14-24-19-11-9-10-18(15-19)21-20(23)25-17(2)16-22-12-6-5-7-13-22/h9-11,15,17H,3-8,12-14,16H2,1-2H3,(H,21,23). The molecule has 140 valence electrons. The SMILES string of the molecule is CCCCCOc1cccc(NC(=O)OC(C)CN2CCCCC2)c1. The second-order valence-corrected chi connectivity index (χ2v) is 6.79. The molecule has 5 nitrogen and oxygen atoms in total. The number of amides is 1. The summed E-state index contributed by atoms with van der Waals surface area (Å²) in [5, 5.41) is 2.79. The highest BCUT2D eigenvalue weighted by Crippen LogP contribution is 2.18. The highest BCUT2D eigenvalue weighted by molar-refractivity contribution is 5.84. The fourth-order valence-electron chi connectivity index (χ4n) is 3.08. The summed E-state index contributed by atoms with van der Waals surface area (Å²) in [6.07, 6.45) is 6.64. The molecule has 0 spiro atoms. The molecule has 1 aliphatic heterocycles. The van der Waals surface area contributed by atoms with Crippen molar-refractivity contribution >= 4 is 11.8 Å². The van der Waals surface area contributed by atoms with Gasteiger partial charge in [-0.15, -0.1) is 0 Å². The Balaban J connectivity index is 1.73. The summed E-state index contributed by atoms with van der Waals surface area (Å²) in [7, 11) is 0. The first-order valence-corrected chi connectivity index (χ1v) is 9.60. The van der Waals surface area contributed by atoms with Crippen LogP contribution in [-0.2, 0) is 4.74 Å². The van der Waals surface area contributed by atoms with E-state index < -0.39 is 6.09 Å². The van der Waals surface area contributed by atoms with Gasteiger partial charge in [0.05, 0.1) is 6.61 Å². The minimum absolute atomic E-state index is 0.119. The van der Waals surface area contributed by atoms with E-state index in [1.165, 1.54) is 32.1 Å². The van der Waals surface area contributed by atoms with Gasteiger partial charge in [0.2, 0.25) is 0 Å². The van der Waals surface area contributed by atoms with Crippen LogP contribution in [-0.4, -0.2) is 43.3 Å². The molecule has 1 saturated heterocycles. The van der Waals surface area contributed by atoms with Crippen molar-refractivity contribution in [1.29, 1.82) is 0 Å². The molecule has 2 rings (SSSR count). The zero-order valence-corrected chi connectivity index (χ0v) is 15.6. The molecule has 1 heterocycles. The van der Waals surface area contributed by atoms with Crippen LogP contribution in [0.1, 0.15) is 52.4 Å². The minimum atomic E-state index is -0.410. The second-order valence-electron chi connectivity index (χ2n) is 6.79. The Morgan fingerprint density at radius 2 is 2.04 bits per heavy atom. The number of hydrogen-bond acceptors (Lipinski definition) is 4. The lowest BCUT2D eigenvalue weighted by molar-refractivity contribution is 0.0833. The van der Waals surface area contributed by atoms with Crippen LogP contribution in [0.25, 0.3) is 0 Å². The molecule has 1 N–H and O–H groups in total. The number of carbonyl (C=O) groups is 1. The van der Waals surface area contributed by atoms with Gasteiger partial charge in [0.1, 0.15) is 11.9 Å². The van der Waals surface area contributed by atoms with Gasteiger partial charge in [-0.2, -0.15) is 0 Å². The van der Waals surface area contributed by atoms with Crippen molar-refractivity contribution in [2.75, 3.05) is 31.6 Å². The van der Waals surface area contributed by atoms with E-state index in [1.807, 2.05) is 31.2 Å². The normalized spacial score (nSPS) is 16.2. The van der Waals surface area contributed by atoms with Crippen LogP contribution in [0.15, 0.2) is 24.3 Å². The van der Waals surface area contributed by atoms with Crippen molar-refractivity contribution in [3.63, 3.8) is 0 Å². The van der Waals surface area contributed by atoms with E-state index in [2.05, 4.69) is 17.1 Å². The monoisotopic (exact) mass is 348 g/mol. The Kier molecular flexibility index (Phi) is 8.60. The van der Waals surface area contributed by atoms with E-state index in [-0.39, 0.29) is 6.10 Å².